The molecule has 0 atom stereocenters. The summed E-state index contributed by atoms with van der Waals surface area (Å²) in [6.45, 7) is 0. The van der Waals surface area contributed by atoms with Gasteiger partial charge in [-0.2, -0.15) is 0 Å². The van der Waals surface area contributed by atoms with E-state index in [-0.39, 0.29) is 10.5 Å². The van der Waals surface area contributed by atoms with Crippen molar-refractivity contribution in [1.82, 2.24) is 0 Å². The third-order valence-electron chi connectivity index (χ3n) is 3.78. The van der Waals surface area contributed by atoms with Gasteiger partial charge in [0.25, 0.3) is 0 Å². The van der Waals surface area contributed by atoms with Gasteiger partial charge < -0.3 is 0 Å². The normalized spacial score (nSPS) is 11.5. The second-order valence-corrected chi connectivity index (χ2v) is 12.3. The summed E-state index contributed by atoms with van der Waals surface area (Å²) in [5, 5.41) is 2.72. The monoisotopic (exact) mass is 747 g/mol. The number of benzene rings is 3. The standard InChI is InChI=1S/C18H8Br3I2S/c19-9-5-14(20)18(15(21)6-9)24-16-3-1-10(22)7-12(16)13-8-11(23)2-4-17(13)24/h1-8H/q+1. The van der Waals surface area contributed by atoms with Crippen molar-refractivity contribution >= 4 is 124 Å². The smallest absolute Gasteiger partial charge is 0.0507 e. The van der Waals surface area contributed by atoms with E-state index in [0.717, 1.165) is 13.4 Å². The zero-order chi connectivity index (χ0) is 17.0. The summed E-state index contributed by atoms with van der Waals surface area (Å²) in [6, 6.07) is 17.8. The number of fused-ring (bicyclic) bond motifs is 3. The average molecular weight is 750 g/mol. The molecule has 3 aromatic carbocycles. The van der Waals surface area contributed by atoms with Crippen molar-refractivity contribution in [3.8, 4) is 4.90 Å². The zero-order valence-electron chi connectivity index (χ0n) is 11.9. The summed E-state index contributed by atoms with van der Waals surface area (Å²) in [4.78, 5) is 1.31. The van der Waals surface area contributed by atoms with Crippen molar-refractivity contribution in [3.05, 3.63) is 69.1 Å². The largest absolute Gasteiger partial charge is 0.208 e. The molecule has 4 aromatic rings. The van der Waals surface area contributed by atoms with Crippen molar-refractivity contribution in [1.29, 1.82) is 0 Å². The van der Waals surface area contributed by atoms with Crippen LogP contribution in [0.2, 0.25) is 0 Å². The lowest BCUT2D eigenvalue weighted by Gasteiger charge is -2.02. The Balaban J connectivity index is 2.23. The summed E-state index contributed by atoms with van der Waals surface area (Å²) < 4.78 is 8.67. The molecule has 0 fully saturated rings. The highest BCUT2D eigenvalue weighted by atomic mass is 127. The van der Waals surface area contributed by atoms with Gasteiger partial charge >= 0.3 is 0 Å². The Hall–Kier alpha value is 0.780. The topological polar surface area (TPSA) is 0 Å². The van der Waals surface area contributed by atoms with Crippen LogP contribution in [0.1, 0.15) is 0 Å². The van der Waals surface area contributed by atoms with Gasteiger partial charge in [0.05, 0.1) is 8.95 Å². The van der Waals surface area contributed by atoms with Crippen LogP contribution in [0.25, 0.3) is 25.1 Å². The fraction of sp³-hybridized carbons (Fsp3) is 0. The molecule has 0 saturated heterocycles. The van der Waals surface area contributed by atoms with Crippen LogP contribution in [0.4, 0.5) is 0 Å². The van der Waals surface area contributed by atoms with Crippen molar-refractivity contribution in [2.75, 3.05) is 0 Å². The first-order valence-corrected chi connectivity index (χ1v) is 12.7. The highest BCUT2D eigenvalue weighted by Gasteiger charge is 2.28. The quantitative estimate of drug-likeness (QED) is 0.135. The fourth-order valence-corrected chi connectivity index (χ4v) is 9.43. The predicted octanol–water partition coefficient (Wildman–Crippen LogP) is 9.23. The number of halogens is 5. The van der Waals surface area contributed by atoms with E-state index in [4.69, 9.17) is 0 Å². The van der Waals surface area contributed by atoms with Crippen LogP contribution in [0.15, 0.2) is 61.9 Å². The van der Waals surface area contributed by atoms with E-state index in [2.05, 4.69) is 142 Å². The Bertz CT molecular complexity index is 1040. The maximum atomic E-state index is 3.78. The molecule has 4 rings (SSSR count). The van der Waals surface area contributed by atoms with Crippen molar-refractivity contribution < 1.29 is 0 Å². The highest BCUT2D eigenvalue weighted by Crippen LogP contribution is 2.53. The number of thiophene rings is 1. The number of rotatable bonds is 1. The van der Waals surface area contributed by atoms with Crippen LogP contribution < -0.4 is 0 Å². The Morgan fingerprint density at radius 3 is 1.58 bits per heavy atom. The van der Waals surface area contributed by atoms with E-state index in [1.165, 1.54) is 32.2 Å². The number of hydrogen-bond donors (Lipinski definition) is 0. The van der Waals surface area contributed by atoms with Crippen LogP contribution in [0, 0.1) is 7.14 Å². The molecule has 0 bridgehead atoms. The van der Waals surface area contributed by atoms with Crippen LogP contribution in [-0.4, -0.2) is 0 Å². The third-order valence-corrected chi connectivity index (χ3v) is 9.80. The molecule has 0 radical (unpaired) electrons. The number of hydrogen-bond acceptors (Lipinski definition) is 0. The van der Waals surface area contributed by atoms with Gasteiger partial charge in [-0.3, -0.25) is 0 Å². The molecule has 0 unspecified atom stereocenters. The van der Waals surface area contributed by atoms with Gasteiger partial charge in [-0.05, 0) is 126 Å². The van der Waals surface area contributed by atoms with E-state index in [9.17, 15) is 0 Å². The van der Waals surface area contributed by atoms with Crippen LogP contribution in [-0.2, 0) is 0 Å². The summed E-state index contributed by atoms with van der Waals surface area (Å²) in [7, 11) is -0.110. The molecule has 24 heavy (non-hydrogen) atoms. The van der Waals surface area contributed by atoms with Crippen molar-refractivity contribution in [3.63, 3.8) is 0 Å². The van der Waals surface area contributed by atoms with Crippen LogP contribution in [0.5, 0.6) is 0 Å². The minimum Gasteiger partial charge on any atom is -0.0507 e. The molecule has 0 aliphatic rings. The molecular formula is C18H8Br3I2S+. The fourth-order valence-electron chi connectivity index (χ4n) is 2.84. The lowest BCUT2D eigenvalue weighted by molar-refractivity contribution is 1.60. The van der Waals surface area contributed by atoms with Crippen molar-refractivity contribution in [2.45, 2.75) is 0 Å². The molecule has 1 heterocycles. The first-order chi connectivity index (χ1) is 11.5. The Morgan fingerprint density at radius 2 is 1.12 bits per heavy atom. The Kier molecular flexibility index (Phi) is 5.35. The molecule has 0 spiro atoms. The predicted molar refractivity (Wildman–Crippen MR) is 134 cm³/mol. The zero-order valence-corrected chi connectivity index (χ0v) is 21.8. The molecule has 120 valence electrons. The first kappa shape index (κ1) is 18.2. The second-order valence-electron chi connectivity index (χ2n) is 5.29. The maximum absolute atomic E-state index is 3.78. The highest BCUT2D eigenvalue weighted by molar-refractivity contribution is 14.1. The van der Waals surface area contributed by atoms with E-state index in [1.54, 1.807) is 0 Å². The van der Waals surface area contributed by atoms with Gasteiger partial charge in [-0.25, -0.2) is 0 Å². The second kappa shape index (κ2) is 7.07. The molecule has 0 saturated carbocycles. The van der Waals surface area contributed by atoms with E-state index >= 15 is 0 Å². The van der Waals surface area contributed by atoms with Gasteiger partial charge in [-0.15, -0.1) is 0 Å². The molecule has 0 N–H and O–H groups in total. The molecular weight excluding hydrogens is 742 g/mol. The van der Waals surface area contributed by atoms with Gasteiger partial charge in [0.15, 0.2) is 9.40 Å². The summed E-state index contributed by atoms with van der Waals surface area (Å²) in [5.41, 5.74) is 0. The minimum absolute atomic E-state index is 0.110. The van der Waals surface area contributed by atoms with E-state index < -0.39 is 0 Å². The molecule has 0 amide bonds. The minimum atomic E-state index is -0.110. The summed E-state index contributed by atoms with van der Waals surface area (Å²) in [6.07, 6.45) is 0. The Morgan fingerprint density at radius 1 is 0.667 bits per heavy atom. The molecule has 0 nitrogen and oxygen atoms in total. The van der Waals surface area contributed by atoms with Crippen LogP contribution >= 0.6 is 103 Å². The third kappa shape index (κ3) is 3.13. The lowest BCUT2D eigenvalue weighted by atomic mass is 10.2. The SMILES string of the molecule is Brc1cc(Br)c(-[s+]2c3ccc(I)cc3c3cc(I)ccc32)c(Br)c1. The van der Waals surface area contributed by atoms with Crippen molar-refractivity contribution in [2.24, 2.45) is 0 Å². The van der Waals surface area contributed by atoms with Gasteiger partial charge in [-0.1, -0.05) is 15.9 Å². The Labute approximate surface area is 195 Å². The van der Waals surface area contributed by atoms with E-state index in [0.29, 0.717) is 0 Å². The van der Waals surface area contributed by atoms with Crippen LogP contribution in [0.3, 0.4) is 0 Å². The lowest BCUT2D eigenvalue weighted by Crippen LogP contribution is -1.79. The van der Waals surface area contributed by atoms with Gasteiger partial charge in [0.1, 0.15) is 0 Å². The molecule has 6 heteroatoms. The summed E-state index contributed by atoms with van der Waals surface area (Å²) >= 11 is 15.9. The maximum Gasteiger partial charge on any atom is 0.208 e. The average Bonchev–Trinajstić information content (AvgIpc) is 2.80. The first-order valence-electron chi connectivity index (χ1n) is 6.94. The van der Waals surface area contributed by atoms with Gasteiger partial charge in [0, 0.05) is 32.9 Å². The van der Waals surface area contributed by atoms with E-state index in [1.807, 2.05) is 0 Å². The molecule has 1 aromatic heterocycles. The van der Waals surface area contributed by atoms with Gasteiger partial charge in [0.2, 0.25) is 4.90 Å². The summed E-state index contributed by atoms with van der Waals surface area (Å²) in [5.74, 6) is 0. The molecule has 0 aliphatic heterocycles. The molecule has 0 aliphatic carbocycles.